The summed E-state index contributed by atoms with van der Waals surface area (Å²) in [5.74, 6) is -0.0805. The standard InChI is InChI=1S/C18H19NO5S/c1-3-24-18(20)13-17(14-7-5-4-6-8-14)19-25(21,22)16-11-9-15(23-2)10-12-16/h4-13,19H,3H2,1-2H3/b17-13-. The van der Waals surface area contributed by atoms with Crippen molar-refractivity contribution in [2.24, 2.45) is 0 Å². The summed E-state index contributed by atoms with van der Waals surface area (Å²) in [4.78, 5) is 11.8. The molecule has 2 rings (SSSR count). The van der Waals surface area contributed by atoms with Crippen molar-refractivity contribution in [1.29, 1.82) is 0 Å². The quantitative estimate of drug-likeness (QED) is 0.605. The van der Waals surface area contributed by atoms with Crippen LogP contribution in [-0.2, 0) is 19.6 Å². The fraction of sp³-hybridized carbons (Fsp3) is 0.167. The van der Waals surface area contributed by atoms with E-state index in [-0.39, 0.29) is 17.2 Å². The maximum atomic E-state index is 12.6. The Morgan fingerprint density at radius 2 is 1.72 bits per heavy atom. The van der Waals surface area contributed by atoms with Gasteiger partial charge in [0.05, 0.1) is 24.3 Å². The predicted octanol–water partition coefficient (Wildman–Crippen LogP) is 2.58. The van der Waals surface area contributed by atoms with Gasteiger partial charge in [-0.1, -0.05) is 30.3 Å². The van der Waals surface area contributed by atoms with Crippen LogP contribution in [0.2, 0.25) is 0 Å². The summed E-state index contributed by atoms with van der Waals surface area (Å²) in [6.07, 6.45) is 1.12. The van der Waals surface area contributed by atoms with Crippen LogP contribution in [-0.4, -0.2) is 28.1 Å². The Morgan fingerprint density at radius 3 is 2.28 bits per heavy atom. The van der Waals surface area contributed by atoms with E-state index in [9.17, 15) is 13.2 Å². The minimum atomic E-state index is -3.87. The number of ether oxygens (including phenoxy) is 2. The topological polar surface area (TPSA) is 81.7 Å². The molecule has 0 saturated carbocycles. The highest BCUT2D eigenvalue weighted by Gasteiger charge is 2.17. The summed E-state index contributed by atoms with van der Waals surface area (Å²) >= 11 is 0. The van der Waals surface area contributed by atoms with Crippen molar-refractivity contribution in [3.8, 4) is 5.75 Å². The van der Waals surface area contributed by atoms with Crippen LogP contribution < -0.4 is 9.46 Å². The van der Waals surface area contributed by atoms with E-state index in [4.69, 9.17) is 9.47 Å². The van der Waals surface area contributed by atoms with Crippen molar-refractivity contribution in [2.75, 3.05) is 13.7 Å². The van der Waals surface area contributed by atoms with Crippen LogP contribution in [0.15, 0.2) is 65.6 Å². The number of carbonyl (C=O) groups excluding carboxylic acids is 1. The molecule has 0 radical (unpaired) electrons. The van der Waals surface area contributed by atoms with Gasteiger partial charge >= 0.3 is 5.97 Å². The summed E-state index contributed by atoms with van der Waals surface area (Å²) in [6, 6.07) is 14.6. The lowest BCUT2D eigenvalue weighted by molar-refractivity contribution is -0.137. The maximum absolute atomic E-state index is 12.6. The van der Waals surface area contributed by atoms with E-state index >= 15 is 0 Å². The molecule has 0 spiro atoms. The van der Waals surface area contributed by atoms with Crippen LogP contribution >= 0.6 is 0 Å². The van der Waals surface area contributed by atoms with Gasteiger partial charge in [0.1, 0.15) is 5.75 Å². The van der Waals surface area contributed by atoms with Gasteiger partial charge in [-0.15, -0.1) is 0 Å². The highest BCUT2D eigenvalue weighted by atomic mass is 32.2. The molecule has 0 saturated heterocycles. The molecule has 1 N–H and O–H groups in total. The van der Waals surface area contributed by atoms with Gasteiger partial charge in [0.2, 0.25) is 0 Å². The molecule has 0 atom stereocenters. The smallest absolute Gasteiger partial charge is 0.332 e. The van der Waals surface area contributed by atoms with Gasteiger partial charge < -0.3 is 9.47 Å². The molecule has 132 valence electrons. The molecule has 0 fully saturated rings. The largest absolute Gasteiger partial charge is 0.497 e. The Kier molecular flexibility index (Phi) is 6.19. The first kappa shape index (κ1) is 18.5. The van der Waals surface area contributed by atoms with Crippen molar-refractivity contribution in [1.82, 2.24) is 4.72 Å². The molecule has 6 nitrogen and oxygen atoms in total. The second-order valence-electron chi connectivity index (χ2n) is 4.96. The monoisotopic (exact) mass is 361 g/mol. The Hall–Kier alpha value is -2.80. The van der Waals surface area contributed by atoms with Crippen molar-refractivity contribution in [2.45, 2.75) is 11.8 Å². The molecule has 0 amide bonds. The minimum Gasteiger partial charge on any atom is -0.497 e. The molecule has 0 aliphatic carbocycles. The minimum absolute atomic E-state index is 0.0546. The van der Waals surface area contributed by atoms with Crippen LogP contribution in [0.3, 0.4) is 0 Å². The lowest BCUT2D eigenvalue weighted by atomic mass is 10.1. The van der Waals surface area contributed by atoms with Gasteiger partial charge in [-0.3, -0.25) is 4.72 Å². The molecule has 0 bridgehead atoms. The maximum Gasteiger partial charge on any atom is 0.332 e. The normalized spacial score (nSPS) is 11.7. The third-order valence-electron chi connectivity index (χ3n) is 3.25. The number of methoxy groups -OCH3 is 1. The molecule has 0 aliphatic rings. The first-order valence-corrected chi connectivity index (χ1v) is 9.05. The first-order valence-electron chi connectivity index (χ1n) is 7.57. The highest BCUT2D eigenvalue weighted by molar-refractivity contribution is 7.89. The second-order valence-corrected chi connectivity index (χ2v) is 6.64. The summed E-state index contributed by atoms with van der Waals surface area (Å²) in [6.45, 7) is 1.87. The number of nitrogens with one attached hydrogen (secondary N) is 1. The Balaban J connectivity index is 2.36. The van der Waals surface area contributed by atoms with E-state index in [0.29, 0.717) is 11.3 Å². The van der Waals surface area contributed by atoms with Gasteiger partial charge in [-0.05, 0) is 36.8 Å². The zero-order chi connectivity index (χ0) is 18.3. The first-order chi connectivity index (χ1) is 12.0. The SMILES string of the molecule is CCOC(=O)/C=C(\NS(=O)(=O)c1ccc(OC)cc1)c1ccccc1. The average molecular weight is 361 g/mol. The molecule has 25 heavy (non-hydrogen) atoms. The number of hydrogen-bond donors (Lipinski definition) is 1. The van der Waals surface area contributed by atoms with Gasteiger partial charge in [0, 0.05) is 6.08 Å². The van der Waals surface area contributed by atoms with Crippen molar-refractivity contribution >= 4 is 21.7 Å². The molecular formula is C18H19NO5S. The van der Waals surface area contributed by atoms with Crippen LogP contribution in [0.25, 0.3) is 5.70 Å². The molecule has 0 unspecified atom stereocenters. The van der Waals surface area contributed by atoms with Crippen LogP contribution in [0.5, 0.6) is 5.75 Å². The number of hydrogen-bond acceptors (Lipinski definition) is 5. The molecule has 2 aromatic carbocycles. The number of benzene rings is 2. The molecule has 7 heteroatoms. The van der Waals surface area contributed by atoms with E-state index in [1.165, 1.54) is 19.2 Å². The fourth-order valence-corrected chi connectivity index (χ4v) is 3.13. The van der Waals surface area contributed by atoms with Crippen LogP contribution in [0.1, 0.15) is 12.5 Å². The van der Waals surface area contributed by atoms with Crippen molar-refractivity contribution < 1.29 is 22.7 Å². The number of sulfonamides is 1. The van der Waals surface area contributed by atoms with E-state index in [0.717, 1.165) is 6.08 Å². The Morgan fingerprint density at radius 1 is 1.08 bits per heavy atom. The molecule has 0 aliphatic heterocycles. The zero-order valence-electron chi connectivity index (χ0n) is 13.9. The van der Waals surface area contributed by atoms with Gasteiger partial charge in [-0.25, -0.2) is 13.2 Å². The fourth-order valence-electron chi connectivity index (χ4n) is 2.05. The number of rotatable bonds is 7. The second kappa shape index (κ2) is 8.34. The van der Waals surface area contributed by atoms with E-state index in [1.807, 2.05) is 0 Å². The lowest BCUT2D eigenvalue weighted by Gasteiger charge is -2.12. The third kappa shape index (κ3) is 5.09. The summed E-state index contributed by atoms with van der Waals surface area (Å²) in [5.41, 5.74) is 0.683. The highest BCUT2D eigenvalue weighted by Crippen LogP contribution is 2.19. The van der Waals surface area contributed by atoms with E-state index < -0.39 is 16.0 Å². The molecule has 0 heterocycles. The Bertz CT molecular complexity index is 843. The predicted molar refractivity (Wildman–Crippen MR) is 94.4 cm³/mol. The van der Waals surface area contributed by atoms with Crippen LogP contribution in [0, 0.1) is 0 Å². The summed E-state index contributed by atoms with van der Waals surface area (Å²) in [7, 11) is -2.38. The number of esters is 1. The molecule has 2 aromatic rings. The third-order valence-corrected chi connectivity index (χ3v) is 4.63. The van der Waals surface area contributed by atoms with Crippen molar-refractivity contribution in [3.05, 3.63) is 66.2 Å². The summed E-state index contributed by atoms with van der Waals surface area (Å²) < 4.78 is 37.6. The zero-order valence-corrected chi connectivity index (χ0v) is 14.7. The van der Waals surface area contributed by atoms with Gasteiger partial charge in [-0.2, -0.15) is 0 Å². The van der Waals surface area contributed by atoms with Crippen molar-refractivity contribution in [3.63, 3.8) is 0 Å². The molecular weight excluding hydrogens is 342 g/mol. The van der Waals surface area contributed by atoms with Gasteiger partial charge in [0.15, 0.2) is 0 Å². The van der Waals surface area contributed by atoms with E-state index in [2.05, 4.69) is 4.72 Å². The lowest BCUT2D eigenvalue weighted by Crippen LogP contribution is -2.23. The van der Waals surface area contributed by atoms with E-state index in [1.54, 1.807) is 49.4 Å². The Labute approximate surface area is 147 Å². The summed E-state index contributed by atoms with van der Waals surface area (Å²) in [5, 5.41) is 0. The van der Waals surface area contributed by atoms with Gasteiger partial charge in [0.25, 0.3) is 10.0 Å². The average Bonchev–Trinajstić information content (AvgIpc) is 2.62. The number of carbonyl (C=O) groups is 1. The van der Waals surface area contributed by atoms with Crippen LogP contribution in [0.4, 0.5) is 0 Å². The molecule has 0 aromatic heterocycles.